The normalized spacial score (nSPS) is 17.5. The number of carbonyl (C=O) groups excluding carboxylic acids is 3. The van der Waals surface area contributed by atoms with Crippen LogP contribution >= 0.6 is 11.8 Å². The average Bonchev–Trinajstić information content (AvgIpc) is 3.27. The van der Waals surface area contributed by atoms with Crippen LogP contribution in [0.1, 0.15) is 30.5 Å². The molecule has 0 aliphatic carbocycles. The highest BCUT2D eigenvalue weighted by Gasteiger charge is 2.49. The maximum absolute atomic E-state index is 13.8. The maximum atomic E-state index is 13.8. The number of aliphatic hydroxyl groups excluding tert-OH is 1. The minimum absolute atomic E-state index is 0.158. The van der Waals surface area contributed by atoms with Crippen LogP contribution in [0.5, 0.6) is 0 Å². The van der Waals surface area contributed by atoms with Gasteiger partial charge >= 0.3 is 0 Å². The Kier molecular flexibility index (Phi) is 9.61. The number of benzene rings is 2. The summed E-state index contributed by atoms with van der Waals surface area (Å²) in [6, 6.07) is 17.8. The van der Waals surface area contributed by atoms with Crippen LogP contribution in [-0.4, -0.2) is 66.3 Å². The van der Waals surface area contributed by atoms with Crippen molar-refractivity contribution in [1.29, 1.82) is 0 Å². The Morgan fingerprint density at radius 3 is 2.49 bits per heavy atom. The third kappa shape index (κ3) is 7.42. The lowest BCUT2D eigenvalue weighted by molar-refractivity contribution is -0.147. The number of aromatic nitrogens is 2. The van der Waals surface area contributed by atoms with Crippen molar-refractivity contribution in [3.05, 3.63) is 100.0 Å². The molecule has 0 saturated carbocycles. The number of hydrogen-bond acceptors (Lipinski definition) is 7. The van der Waals surface area contributed by atoms with E-state index in [1.165, 1.54) is 35.0 Å². The van der Waals surface area contributed by atoms with Crippen molar-refractivity contribution in [2.45, 2.75) is 63.2 Å². The highest BCUT2D eigenvalue weighted by Crippen LogP contribution is 2.40. The van der Waals surface area contributed by atoms with Crippen molar-refractivity contribution in [2.75, 3.05) is 5.88 Å². The number of thioether (sulfide) groups is 1. The molecule has 2 heterocycles. The fraction of sp³-hybridized carbons (Fsp3) is 0.367. The first kappa shape index (κ1) is 30.0. The largest absolute Gasteiger partial charge is 0.381 e. The average molecular weight is 578 g/mol. The molecule has 41 heavy (non-hydrogen) atoms. The van der Waals surface area contributed by atoms with Gasteiger partial charge in [-0.1, -0.05) is 54.6 Å². The standard InChI is InChI=1S/C30H35N5O5S/c1-20-10-7-8-13-22(20)17-31-28(39)27-30(2,3)41-19-34(27)29(40)26(38)23(16-21-11-5-4-6-12-21)33-24(36)18-35-25(37)14-9-15-32-35/h4-15,23,26-27,38H,16-19H2,1-3H3,(H,31,39)(H,33,36)/t23-,26-,27+/m0/s1. The number of amides is 3. The van der Waals surface area contributed by atoms with Crippen LogP contribution in [0.2, 0.25) is 0 Å². The van der Waals surface area contributed by atoms with Crippen LogP contribution in [-0.2, 0) is 33.9 Å². The monoisotopic (exact) mass is 577 g/mol. The molecule has 0 unspecified atom stereocenters. The second kappa shape index (κ2) is 13.1. The zero-order valence-electron chi connectivity index (χ0n) is 23.3. The minimum Gasteiger partial charge on any atom is -0.381 e. The Balaban J connectivity index is 1.52. The molecule has 4 rings (SSSR count). The second-order valence-corrected chi connectivity index (χ2v) is 12.2. The van der Waals surface area contributed by atoms with Gasteiger partial charge in [0.05, 0.1) is 11.9 Å². The fourth-order valence-electron chi connectivity index (χ4n) is 4.85. The summed E-state index contributed by atoms with van der Waals surface area (Å²) in [7, 11) is 0. The molecule has 3 amide bonds. The Morgan fingerprint density at radius 1 is 1.07 bits per heavy atom. The predicted molar refractivity (Wildman–Crippen MR) is 157 cm³/mol. The third-order valence-electron chi connectivity index (χ3n) is 7.15. The molecule has 216 valence electrons. The summed E-state index contributed by atoms with van der Waals surface area (Å²) in [5.74, 6) is -1.35. The first-order chi connectivity index (χ1) is 19.6. The van der Waals surface area contributed by atoms with E-state index in [9.17, 15) is 24.3 Å². The summed E-state index contributed by atoms with van der Waals surface area (Å²) < 4.78 is 0.390. The van der Waals surface area contributed by atoms with E-state index in [1.54, 1.807) is 0 Å². The maximum Gasteiger partial charge on any atom is 0.267 e. The molecule has 3 N–H and O–H groups in total. The molecule has 2 aromatic carbocycles. The molecule has 0 spiro atoms. The van der Waals surface area contributed by atoms with Crippen LogP contribution in [0.3, 0.4) is 0 Å². The van der Waals surface area contributed by atoms with Gasteiger partial charge in [0.15, 0.2) is 6.10 Å². The van der Waals surface area contributed by atoms with E-state index < -0.39 is 40.3 Å². The molecule has 3 aromatic rings. The van der Waals surface area contributed by atoms with Gasteiger partial charge in [0, 0.05) is 23.6 Å². The van der Waals surface area contributed by atoms with Crippen molar-refractivity contribution < 1.29 is 19.5 Å². The lowest BCUT2D eigenvalue weighted by Gasteiger charge is -2.33. The number of hydrogen-bond donors (Lipinski definition) is 3. The van der Waals surface area contributed by atoms with Crippen LogP contribution in [0.15, 0.2) is 77.7 Å². The molecular formula is C30H35N5O5S. The smallest absolute Gasteiger partial charge is 0.267 e. The van der Waals surface area contributed by atoms with Gasteiger partial charge in [-0.2, -0.15) is 5.10 Å². The second-order valence-electron chi connectivity index (χ2n) is 10.6. The first-order valence-corrected chi connectivity index (χ1v) is 14.4. The number of aryl methyl sites for hydroxylation is 1. The summed E-state index contributed by atoms with van der Waals surface area (Å²) in [6.07, 6.45) is -0.0859. The van der Waals surface area contributed by atoms with Crippen molar-refractivity contribution in [1.82, 2.24) is 25.3 Å². The highest BCUT2D eigenvalue weighted by atomic mass is 32.2. The Morgan fingerprint density at radius 2 is 1.78 bits per heavy atom. The minimum atomic E-state index is -1.64. The molecule has 1 saturated heterocycles. The zero-order chi connectivity index (χ0) is 29.6. The Labute approximate surface area is 243 Å². The molecule has 0 bridgehead atoms. The van der Waals surface area contributed by atoms with Gasteiger partial charge in [0.2, 0.25) is 11.8 Å². The van der Waals surface area contributed by atoms with Gasteiger partial charge < -0.3 is 20.6 Å². The van der Waals surface area contributed by atoms with Crippen LogP contribution in [0, 0.1) is 6.92 Å². The van der Waals surface area contributed by atoms with Gasteiger partial charge in [-0.3, -0.25) is 19.2 Å². The topological polar surface area (TPSA) is 134 Å². The van der Waals surface area contributed by atoms with E-state index in [4.69, 9.17) is 0 Å². The highest BCUT2D eigenvalue weighted by molar-refractivity contribution is 8.00. The first-order valence-electron chi connectivity index (χ1n) is 13.4. The predicted octanol–water partition coefficient (Wildman–Crippen LogP) is 1.64. The third-order valence-corrected chi connectivity index (χ3v) is 8.52. The molecular weight excluding hydrogens is 542 g/mol. The summed E-state index contributed by atoms with van der Waals surface area (Å²) in [6.45, 7) is 5.69. The van der Waals surface area contributed by atoms with Gasteiger partial charge in [0.25, 0.3) is 11.5 Å². The SMILES string of the molecule is Cc1ccccc1CNC(=O)[C@H]1N(C(=O)[C@@H](O)[C@H](Cc2ccccc2)NC(=O)Cn2ncccc2=O)CSC1(C)C. The van der Waals surface area contributed by atoms with E-state index >= 15 is 0 Å². The lowest BCUT2D eigenvalue weighted by atomic mass is 9.97. The van der Waals surface area contributed by atoms with Gasteiger partial charge in [0.1, 0.15) is 12.6 Å². The van der Waals surface area contributed by atoms with Crippen LogP contribution in [0.4, 0.5) is 0 Å². The number of nitrogens with one attached hydrogen (secondary N) is 2. The Bertz CT molecular complexity index is 1440. The van der Waals surface area contributed by atoms with E-state index in [0.29, 0.717) is 6.54 Å². The molecule has 11 heteroatoms. The lowest BCUT2D eigenvalue weighted by Crippen LogP contribution is -2.59. The van der Waals surface area contributed by atoms with E-state index in [2.05, 4.69) is 15.7 Å². The van der Waals surface area contributed by atoms with Crippen molar-refractivity contribution in [3.63, 3.8) is 0 Å². The van der Waals surface area contributed by atoms with Gasteiger partial charge in [-0.15, -0.1) is 11.8 Å². The summed E-state index contributed by atoms with van der Waals surface area (Å²) in [4.78, 5) is 53.6. The Hall–Kier alpha value is -3.96. The summed E-state index contributed by atoms with van der Waals surface area (Å²) in [5, 5.41) is 20.9. The van der Waals surface area contributed by atoms with Crippen molar-refractivity contribution >= 4 is 29.5 Å². The number of rotatable bonds is 10. The van der Waals surface area contributed by atoms with Gasteiger partial charge in [-0.25, -0.2) is 4.68 Å². The number of carbonyl (C=O) groups is 3. The molecule has 10 nitrogen and oxygen atoms in total. The van der Waals surface area contributed by atoms with E-state index in [-0.39, 0.29) is 24.7 Å². The van der Waals surface area contributed by atoms with Crippen molar-refractivity contribution in [2.24, 2.45) is 0 Å². The zero-order valence-corrected chi connectivity index (χ0v) is 24.1. The van der Waals surface area contributed by atoms with Crippen molar-refractivity contribution in [3.8, 4) is 0 Å². The molecule has 1 fully saturated rings. The van der Waals surface area contributed by atoms with Crippen LogP contribution < -0.4 is 16.2 Å². The van der Waals surface area contributed by atoms with E-state index in [0.717, 1.165) is 21.4 Å². The fourth-order valence-corrected chi connectivity index (χ4v) is 5.99. The van der Waals surface area contributed by atoms with E-state index in [1.807, 2.05) is 75.4 Å². The molecule has 1 aliphatic rings. The van der Waals surface area contributed by atoms with Gasteiger partial charge in [-0.05, 0) is 49.9 Å². The number of aliphatic hydroxyl groups is 1. The molecule has 3 atom stereocenters. The summed E-state index contributed by atoms with van der Waals surface area (Å²) >= 11 is 1.45. The molecule has 1 aromatic heterocycles. The van der Waals surface area contributed by atoms with Crippen LogP contribution in [0.25, 0.3) is 0 Å². The summed E-state index contributed by atoms with van der Waals surface area (Å²) in [5.41, 5.74) is 2.36. The number of nitrogens with zero attached hydrogens (tertiary/aromatic N) is 3. The molecule has 1 aliphatic heterocycles. The quantitative estimate of drug-likeness (QED) is 0.334. The molecule has 0 radical (unpaired) electrons.